The lowest BCUT2D eigenvalue weighted by Crippen LogP contribution is -2.52. The Hall–Kier alpha value is -2.37. The summed E-state index contributed by atoms with van der Waals surface area (Å²) >= 11 is 0. The van der Waals surface area contributed by atoms with Gasteiger partial charge in [-0.25, -0.2) is 0 Å². The number of carbonyl (C=O) groups is 3. The summed E-state index contributed by atoms with van der Waals surface area (Å²) in [5.74, 6) is 0.280. The van der Waals surface area contributed by atoms with Crippen LogP contribution in [0.5, 0.6) is 0 Å². The molecule has 3 aliphatic rings. The predicted molar refractivity (Wildman–Crippen MR) is 101 cm³/mol. The fourth-order valence-corrected chi connectivity index (χ4v) is 4.68. The summed E-state index contributed by atoms with van der Waals surface area (Å²) in [7, 11) is 0. The minimum absolute atomic E-state index is 0.0519. The molecule has 0 radical (unpaired) electrons. The molecular weight excluding hydrogens is 342 g/mol. The van der Waals surface area contributed by atoms with Crippen molar-refractivity contribution in [2.24, 2.45) is 0 Å². The number of rotatable bonds is 3. The van der Waals surface area contributed by atoms with Crippen molar-refractivity contribution in [2.75, 3.05) is 26.2 Å². The third kappa shape index (κ3) is 3.57. The number of carbonyl (C=O) groups excluding carboxylic acids is 3. The van der Waals surface area contributed by atoms with Crippen molar-refractivity contribution in [3.63, 3.8) is 0 Å². The van der Waals surface area contributed by atoms with Crippen LogP contribution >= 0.6 is 0 Å². The fourth-order valence-electron chi connectivity index (χ4n) is 4.68. The van der Waals surface area contributed by atoms with Gasteiger partial charge in [-0.3, -0.25) is 14.4 Å². The summed E-state index contributed by atoms with van der Waals surface area (Å²) in [6, 6.07) is 9.13. The molecule has 1 aromatic carbocycles. The number of hydrogen-bond acceptors (Lipinski definition) is 3. The molecule has 3 aliphatic heterocycles. The Morgan fingerprint density at radius 1 is 0.889 bits per heavy atom. The first-order chi connectivity index (χ1) is 13.1. The Morgan fingerprint density at radius 2 is 1.63 bits per heavy atom. The zero-order valence-electron chi connectivity index (χ0n) is 15.7. The van der Waals surface area contributed by atoms with E-state index in [0.717, 1.165) is 38.6 Å². The van der Waals surface area contributed by atoms with E-state index in [1.54, 1.807) is 17.0 Å². The Morgan fingerprint density at radius 3 is 2.30 bits per heavy atom. The van der Waals surface area contributed by atoms with E-state index >= 15 is 0 Å². The molecule has 1 atom stereocenters. The van der Waals surface area contributed by atoms with Gasteiger partial charge in [0.1, 0.15) is 6.04 Å². The second-order valence-corrected chi connectivity index (χ2v) is 7.77. The van der Waals surface area contributed by atoms with Crippen LogP contribution in [-0.2, 0) is 9.59 Å². The van der Waals surface area contributed by atoms with Gasteiger partial charge in [-0.2, -0.15) is 0 Å². The van der Waals surface area contributed by atoms with Crippen LogP contribution < -0.4 is 0 Å². The highest BCUT2D eigenvalue weighted by atomic mass is 16.2. The van der Waals surface area contributed by atoms with E-state index in [1.807, 2.05) is 28.0 Å². The molecular formula is C21H27N3O3. The molecule has 1 aromatic rings. The van der Waals surface area contributed by atoms with Crippen LogP contribution in [0.25, 0.3) is 0 Å². The van der Waals surface area contributed by atoms with Gasteiger partial charge < -0.3 is 14.7 Å². The van der Waals surface area contributed by atoms with Crippen molar-refractivity contribution >= 4 is 17.7 Å². The third-order valence-electron chi connectivity index (χ3n) is 6.15. The lowest BCUT2D eigenvalue weighted by molar-refractivity contribution is -0.137. The predicted octanol–water partition coefficient (Wildman–Crippen LogP) is 1.90. The maximum absolute atomic E-state index is 13.1. The first-order valence-corrected chi connectivity index (χ1v) is 10.1. The second-order valence-electron chi connectivity index (χ2n) is 7.77. The van der Waals surface area contributed by atoms with Crippen molar-refractivity contribution in [1.29, 1.82) is 0 Å². The SMILES string of the molecule is O=C(C1CCCN1C(=O)c1ccccc1)N1CCC(N2CCCC2=O)CC1. The Kier molecular flexibility index (Phi) is 5.14. The zero-order valence-corrected chi connectivity index (χ0v) is 15.7. The van der Waals surface area contributed by atoms with Gasteiger partial charge in [-0.05, 0) is 44.2 Å². The highest BCUT2D eigenvalue weighted by molar-refractivity contribution is 5.98. The molecule has 3 amide bonds. The monoisotopic (exact) mass is 369 g/mol. The van der Waals surface area contributed by atoms with Crippen LogP contribution in [0.1, 0.15) is 48.9 Å². The van der Waals surface area contributed by atoms with E-state index < -0.39 is 0 Å². The number of piperidine rings is 1. The number of hydrogen-bond donors (Lipinski definition) is 0. The molecule has 27 heavy (non-hydrogen) atoms. The Balaban J connectivity index is 1.38. The van der Waals surface area contributed by atoms with Gasteiger partial charge in [0, 0.05) is 44.2 Å². The zero-order chi connectivity index (χ0) is 18.8. The number of likely N-dealkylation sites (tertiary alicyclic amines) is 3. The molecule has 0 spiro atoms. The van der Waals surface area contributed by atoms with Gasteiger partial charge in [0.05, 0.1) is 0 Å². The van der Waals surface area contributed by atoms with Crippen LogP contribution in [0.15, 0.2) is 30.3 Å². The van der Waals surface area contributed by atoms with Crippen molar-refractivity contribution < 1.29 is 14.4 Å². The number of amides is 3. The maximum Gasteiger partial charge on any atom is 0.254 e. The average molecular weight is 369 g/mol. The quantitative estimate of drug-likeness (QED) is 0.818. The molecule has 3 saturated heterocycles. The Bertz CT molecular complexity index is 713. The normalized spacial score (nSPS) is 23.9. The summed E-state index contributed by atoms with van der Waals surface area (Å²) in [4.78, 5) is 43.5. The van der Waals surface area contributed by atoms with Gasteiger partial charge in [0.25, 0.3) is 5.91 Å². The number of benzene rings is 1. The summed E-state index contributed by atoms with van der Waals surface area (Å²) in [5, 5.41) is 0. The van der Waals surface area contributed by atoms with E-state index in [1.165, 1.54) is 0 Å². The van der Waals surface area contributed by atoms with E-state index in [0.29, 0.717) is 31.6 Å². The molecule has 144 valence electrons. The fraction of sp³-hybridized carbons (Fsp3) is 0.571. The van der Waals surface area contributed by atoms with Crippen LogP contribution in [-0.4, -0.2) is 70.7 Å². The molecule has 1 unspecified atom stereocenters. The van der Waals surface area contributed by atoms with Gasteiger partial charge in [0.15, 0.2) is 0 Å². The summed E-state index contributed by atoms with van der Waals surface area (Å²) in [6.45, 7) is 2.86. The lowest BCUT2D eigenvalue weighted by atomic mass is 10.0. The highest BCUT2D eigenvalue weighted by Gasteiger charge is 2.39. The van der Waals surface area contributed by atoms with E-state index in [4.69, 9.17) is 0 Å². The second kappa shape index (κ2) is 7.71. The molecule has 0 aromatic heterocycles. The Labute approximate surface area is 160 Å². The summed E-state index contributed by atoms with van der Waals surface area (Å²) < 4.78 is 0. The number of nitrogens with zero attached hydrogens (tertiary/aromatic N) is 3. The van der Waals surface area contributed by atoms with Crippen molar-refractivity contribution in [1.82, 2.24) is 14.7 Å². The van der Waals surface area contributed by atoms with Gasteiger partial charge >= 0.3 is 0 Å². The van der Waals surface area contributed by atoms with Crippen LogP contribution in [0.2, 0.25) is 0 Å². The molecule has 6 nitrogen and oxygen atoms in total. The molecule has 3 heterocycles. The van der Waals surface area contributed by atoms with E-state index in [9.17, 15) is 14.4 Å². The molecule has 0 saturated carbocycles. The lowest BCUT2D eigenvalue weighted by Gasteiger charge is -2.38. The van der Waals surface area contributed by atoms with Gasteiger partial charge in [-0.15, -0.1) is 0 Å². The summed E-state index contributed by atoms with van der Waals surface area (Å²) in [5.41, 5.74) is 0.642. The van der Waals surface area contributed by atoms with E-state index in [2.05, 4.69) is 0 Å². The molecule has 0 bridgehead atoms. The highest BCUT2D eigenvalue weighted by Crippen LogP contribution is 2.26. The van der Waals surface area contributed by atoms with Crippen LogP contribution in [0.4, 0.5) is 0 Å². The smallest absolute Gasteiger partial charge is 0.254 e. The minimum atomic E-state index is -0.345. The van der Waals surface area contributed by atoms with Gasteiger partial charge in [0.2, 0.25) is 11.8 Å². The first kappa shape index (κ1) is 18.0. The van der Waals surface area contributed by atoms with Crippen molar-refractivity contribution in [2.45, 2.75) is 50.6 Å². The third-order valence-corrected chi connectivity index (χ3v) is 6.15. The van der Waals surface area contributed by atoms with Crippen LogP contribution in [0.3, 0.4) is 0 Å². The van der Waals surface area contributed by atoms with Crippen molar-refractivity contribution in [3.8, 4) is 0 Å². The molecule has 6 heteroatoms. The summed E-state index contributed by atoms with van der Waals surface area (Å²) in [6.07, 6.45) is 4.91. The standard InChI is InChI=1S/C21H27N3O3/c25-19-9-5-12-23(19)17-10-14-22(15-11-17)21(27)18-8-4-13-24(18)20(26)16-6-2-1-3-7-16/h1-3,6-7,17-18H,4-5,8-15H2. The average Bonchev–Trinajstić information content (AvgIpc) is 3.37. The molecule has 0 aliphatic carbocycles. The van der Waals surface area contributed by atoms with Crippen molar-refractivity contribution in [3.05, 3.63) is 35.9 Å². The molecule has 4 rings (SSSR count). The largest absolute Gasteiger partial charge is 0.341 e. The molecule has 3 fully saturated rings. The van der Waals surface area contributed by atoms with Crippen LogP contribution in [0, 0.1) is 0 Å². The maximum atomic E-state index is 13.1. The minimum Gasteiger partial charge on any atom is -0.341 e. The first-order valence-electron chi connectivity index (χ1n) is 10.1. The topological polar surface area (TPSA) is 60.9 Å². The van der Waals surface area contributed by atoms with E-state index in [-0.39, 0.29) is 29.8 Å². The van der Waals surface area contributed by atoms with Gasteiger partial charge in [-0.1, -0.05) is 18.2 Å². The molecule has 0 N–H and O–H groups in total.